The third kappa shape index (κ3) is 3.26. The minimum atomic E-state index is -1.80. The van der Waals surface area contributed by atoms with E-state index < -0.39 is 29.5 Å². The Morgan fingerprint density at radius 1 is 1.33 bits per heavy atom. The molecular weight excluding hydrogens is 311 g/mol. The molecule has 6 heteroatoms. The summed E-state index contributed by atoms with van der Waals surface area (Å²) in [6.07, 6.45) is -1.63. The topological polar surface area (TPSA) is 53.0 Å². The van der Waals surface area contributed by atoms with Crippen LogP contribution in [0.2, 0.25) is 0 Å². The van der Waals surface area contributed by atoms with Crippen LogP contribution in [-0.4, -0.2) is 64.0 Å². The highest BCUT2D eigenvalue weighted by Crippen LogP contribution is 2.40. The summed E-state index contributed by atoms with van der Waals surface area (Å²) in [4.78, 5) is 15.5. The number of halogens is 1. The van der Waals surface area contributed by atoms with Crippen LogP contribution in [0.4, 0.5) is 9.18 Å². The number of hydrogen-bond donors (Lipinski definition) is 1. The number of hydrogen-bond acceptors (Lipinski definition) is 4. The maximum atomic E-state index is 15.3. The van der Waals surface area contributed by atoms with Gasteiger partial charge in [0.1, 0.15) is 11.7 Å². The third-order valence-corrected chi connectivity index (χ3v) is 4.66. The Morgan fingerprint density at radius 3 is 2.62 bits per heavy atom. The number of β-amino-alcohol motifs (C(OH)–C–C–N with tert-alkyl or cyclic N) is 1. The molecule has 2 aliphatic rings. The van der Waals surface area contributed by atoms with E-state index in [0.717, 1.165) is 5.56 Å². The van der Waals surface area contributed by atoms with Crippen molar-refractivity contribution in [2.45, 2.75) is 50.7 Å². The van der Waals surface area contributed by atoms with Gasteiger partial charge in [0.2, 0.25) is 0 Å². The van der Waals surface area contributed by atoms with Gasteiger partial charge < -0.3 is 14.7 Å². The molecule has 1 unspecified atom stereocenters. The Hall–Kier alpha value is -1.66. The number of aliphatic hydroxyl groups excluding tert-OH is 1. The minimum Gasteiger partial charge on any atom is -0.444 e. The first kappa shape index (κ1) is 17.2. The average molecular weight is 336 g/mol. The van der Waals surface area contributed by atoms with E-state index in [2.05, 4.69) is 0 Å². The molecule has 1 N–H and O–H groups in total. The number of aliphatic hydroxyl groups is 1. The van der Waals surface area contributed by atoms with Crippen molar-refractivity contribution >= 4 is 6.09 Å². The van der Waals surface area contributed by atoms with Gasteiger partial charge in [0.25, 0.3) is 0 Å². The van der Waals surface area contributed by atoms with Crippen LogP contribution in [-0.2, 0) is 11.3 Å². The number of fused-ring (bicyclic) bond motifs is 1. The van der Waals surface area contributed by atoms with Crippen molar-refractivity contribution in [2.24, 2.45) is 0 Å². The van der Waals surface area contributed by atoms with E-state index in [0.29, 0.717) is 6.54 Å². The normalized spacial score (nSPS) is 30.5. The van der Waals surface area contributed by atoms with E-state index in [1.165, 1.54) is 4.90 Å². The summed E-state index contributed by atoms with van der Waals surface area (Å²) >= 11 is 0. The molecule has 2 saturated heterocycles. The zero-order valence-electron chi connectivity index (χ0n) is 14.4. The van der Waals surface area contributed by atoms with E-state index in [-0.39, 0.29) is 19.6 Å². The van der Waals surface area contributed by atoms with Crippen molar-refractivity contribution in [1.29, 1.82) is 0 Å². The van der Waals surface area contributed by atoms with Crippen LogP contribution in [0.25, 0.3) is 0 Å². The van der Waals surface area contributed by atoms with Crippen LogP contribution in [0.3, 0.4) is 0 Å². The molecule has 0 bridgehead atoms. The van der Waals surface area contributed by atoms with Gasteiger partial charge in [-0.3, -0.25) is 4.90 Å². The van der Waals surface area contributed by atoms with E-state index in [1.807, 2.05) is 35.2 Å². The summed E-state index contributed by atoms with van der Waals surface area (Å²) in [5, 5.41) is 10.2. The zero-order chi connectivity index (χ0) is 17.5. The zero-order valence-corrected chi connectivity index (χ0v) is 14.4. The summed E-state index contributed by atoms with van der Waals surface area (Å²) in [6, 6.07) is 9.25. The summed E-state index contributed by atoms with van der Waals surface area (Å²) in [5.74, 6) is 0. The molecular formula is C18H25FN2O3. The second-order valence-electron chi connectivity index (χ2n) is 7.73. The lowest BCUT2D eigenvalue weighted by Crippen LogP contribution is -2.44. The van der Waals surface area contributed by atoms with Crippen LogP contribution in [0.15, 0.2) is 30.3 Å². The first-order valence-electron chi connectivity index (χ1n) is 8.32. The van der Waals surface area contributed by atoms with Gasteiger partial charge >= 0.3 is 6.09 Å². The highest BCUT2D eigenvalue weighted by Gasteiger charge is 2.60. The maximum Gasteiger partial charge on any atom is 0.410 e. The van der Waals surface area contributed by atoms with Gasteiger partial charge in [0.15, 0.2) is 5.67 Å². The first-order valence-corrected chi connectivity index (χ1v) is 8.32. The van der Waals surface area contributed by atoms with E-state index in [1.54, 1.807) is 20.8 Å². The monoisotopic (exact) mass is 336 g/mol. The summed E-state index contributed by atoms with van der Waals surface area (Å²) < 4.78 is 20.7. The maximum absolute atomic E-state index is 15.3. The molecule has 0 radical (unpaired) electrons. The number of ether oxygens (including phenoxy) is 1. The van der Waals surface area contributed by atoms with Crippen LogP contribution in [0.1, 0.15) is 26.3 Å². The predicted molar refractivity (Wildman–Crippen MR) is 88.3 cm³/mol. The molecule has 5 nitrogen and oxygen atoms in total. The quantitative estimate of drug-likeness (QED) is 0.899. The highest BCUT2D eigenvalue weighted by atomic mass is 19.1. The number of nitrogens with zero attached hydrogens (tertiary/aromatic N) is 2. The second-order valence-corrected chi connectivity index (χ2v) is 7.73. The number of alkyl halides is 1. The van der Waals surface area contributed by atoms with Crippen molar-refractivity contribution in [2.75, 3.05) is 19.6 Å². The number of rotatable bonds is 2. The van der Waals surface area contributed by atoms with E-state index in [4.69, 9.17) is 4.74 Å². The van der Waals surface area contributed by atoms with Crippen LogP contribution >= 0.6 is 0 Å². The lowest BCUT2D eigenvalue weighted by molar-refractivity contribution is 0.00764. The fourth-order valence-electron chi connectivity index (χ4n) is 3.53. The van der Waals surface area contributed by atoms with Crippen LogP contribution in [0, 0.1) is 0 Å². The number of benzene rings is 1. The number of likely N-dealkylation sites (tertiary alicyclic amines) is 2. The van der Waals surface area contributed by atoms with Gasteiger partial charge in [-0.05, 0) is 26.3 Å². The summed E-state index contributed by atoms with van der Waals surface area (Å²) in [6.45, 7) is 6.28. The molecule has 132 valence electrons. The first-order chi connectivity index (χ1) is 11.2. The molecule has 3 rings (SSSR count). The fourth-order valence-corrected chi connectivity index (χ4v) is 3.53. The molecule has 0 saturated carbocycles. The second kappa shape index (κ2) is 6.01. The largest absolute Gasteiger partial charge is 0.444 e. The standard InChI is InChI=1S/C18H25FN2O3/c1-17(2,3)24-16(23)21-10-14-18(19,12-21)15(22)11-20(14)9-13-7-5-4-6-8-13/h4-8,14-15,22H,9-12H2,1-3H3/t14-,15?,18-/m1/s1. The molecule has 1 amide bonds. The average Bonchev–Trinajstić information content (AvgIpc) is 2.94. The van der Waals surface area contributed by atoms with Gasteiger partial charge in [-0.2, -0.15) is 0 Å². The lowest BCUT2D eigenvalue weighted by Gasteiger charge is -2.26. The molecule has 2 heterocycles. The van der Waals surface area contributed by atoms with Crippen molar-refractivity contribution in [3.05, 3.63) is 35.9 Å². The molecule has 2 fully saturated rings. The van der Waals surface area contributed by atoms with Gasteiger partial charge in [-0.15, -0.1) is 0 Å². The molecule has 3 atom stereocenters. The van der Waals surface area contributed by atoms with E-state index >= 15 is 4.39 Å². The molecule has 24 heavy (non-hydrogen) atoms. The summed E-state index contributed by atoms with van der Waals surface area (Å²) in [5.41, 5.74) is -1.36. The number of carbonyl (C=O) groups excluding carboxylic acids is 1. The minimum absolute atomic E-state index is 0.126. The number of carbonyl (C=O) groups is 1. The van der Waals surface area contributed by atoms with Crippen molar-refractivity contribution in [1.82, 2.24) is 9.80 Å². The molecule has 0 aromatic heterocycles. The Bertz CT molecular complexity index is 604. The van der Waals surface area contributed by atoms with Gasteiger partial charge in [-0.25, -0.2) is 9.18 Å². The molecule has 1 aromatic rings. The van der Waals surface area contributed by atoms with Crippen molar-refractivity contribution in [3.63, 3.8) is 0 Å². The summed E-state index contributed by atoms with van der Waals surface area (Å²) in [7, 11) is 0. The van der Waals surface area contributed by atoms with E-state index in [9.17, 15) is 9.90 Å². The third-order valence-electron chi connectivity index (χ3n) is 4.66. The lowest BCUT2D eigenvalue weighted by atomic mass is 9.98. The molecule has 1 aromatic carbocycles. The highest BCUT2D eigenvalue weighted by molar-refractivity contribution is 5.69. The smallest absolute Gasteiger partial charge is 0.410 e. The van der Waals surface area contributed by atoms with Crippen LogP contribution in [0.5, 0.6) is 0 Å². The Balaban J connectivity index is 1.73. The Labute approximate surface area is 142 Å². The Morgan fingerprint density at radius 2 is 2.00 bits per heavy atom. The van der Waals surface area contributed by atoms with Gasteiger partial charge in [-0.1, -0.05) is 30.3 Å². The van der Waals surface area contributed by atoms with Crippen LogP contribution < -0.4 is 0 Å². The van der Waals surface area contributed by atoms with Crippen molar-refractivity contribution < 1.29 is 19.0 Å². The van der Waals surface area contributed by atoms with Gasteiger partial charge in [0, 0.05) is 19.6 Å². The molecule has 0 aliphatic carbocycles. The fraction of sp³-hybridized carbons (Fsp3) is 0.611. The SMILES string of the molecule is CC(C)(C)OC(=O)N1C[C@H]2N(Cc3ccccc3)CC(O)[C@@]2(F)C1. The predicted octanol–water partition coefficient (Wildman–Crippen LogP) is 2.19. The van der Waals surface area contributed by atoms with Gasteiger partial charge in [0.05, 0.1) is 12.6 Å². The molecule has 2 aliphatic heterocycles. The van der Waals surface area contributed by atoms with Crippen molar-refractivity contribution in [3.8, 4) is 0 Å². The molecule has 0 spiro atoms. The number of amides is 1. The Kier molecular flexibility index (Phi) is 4.30.